The summed E-state index contributed by atoms with van der Waals surface area (Å²) < 4.78 is 0. The van der Waals surface area contributed by atoms with Crippen LogP contribution in [0.25, 0.3) is 0 Å². The molecule has 0 aromatic heterocycles. The van der Waals surface area contributed by atoms with Crippen molar-refractivity contribution in [2.45, 2.75) is 6.92 Å². The summed E-state index contributed by atoms with van der Waals surface area (Å²) in [6.45, 7) is 3.15. The Morgan fingerprint density at radius 1 is 1.19 bits per heavy atom. The maximum Gasteiger partial charge on any atom is 0.0641 e. The van der Waals surface area contributed by atoms with Crippen LogP contribution in [-0.2, 0) is 0 Å². The Balaban J connectivity index is 2.98. The maximum atomic E-state index is 3.00. The van der Waals surface area contributed by atoms with Crippen LogP contribution in [0.2, 0.25) is 0 Å². The molecule has 1 aromatic carbocycles. The predicted octanol–water partition coefficient (Wildman–Crippen LogP) is 2.27. The zero-order chi connectivity index (χ0) is 12.0. The van der Waals surface area contributed by atoms with Crippen LogP contribution in [0.3, 0.4) is 0 Å². The standard InChI is InChI=1S/C13H21N3/c1-5-15(3)12-8-6-7-9-13(12)16(4)11-10-14-2/h6-11,14H,5H2,1-4H3/b11-10-. The Labute approximate surface area is 98.4 Å². The lowest BCUT2D eigenvalue weighted by atomic mass is 10.2. The van der Waals surface area contributed by atoms with Crippen molar-refractivity contribution < 1.29 is 0 Å². The van der Waals surface area contributed by atoms with Crippen LogP contribution in [0, 0.1) is 0 Å². The van der Waals surface area contributed by atoms with Gasteiger partial charge in [0.1, 0.15) is 0 Å². The van der Waals surface area contributed by atoms with Gasteiger partial charge in [-0.3, -0.25) is 0 Å². The number of rotatable bonds is 5. The molecule has 0 unspecified atom stereocenters. The predicted molar refractivity (Wildman–Crippen MR) is 72.0 cm³/mol. The molecule has 0 heterocycles. The minimum atomic E-state index is 1.00. The van der Waals surface area contributed by atoms with E-state index in [2.05, 4.69) is 60.4 Å². The smallest absolute Gasteiger partial charge is 0.0641 e. The molecule has 0 saturated carbocycles. The van der Waals surface area contributed by atoms with Crippen molar-refractivity contribution in [1.82, 2.24) is 5.32 Å². The highest BCUT2D eigenvalue weighted by Gasteiger charge is 2.07. The van der Waals surface area contributed by atoms with Crippen molar-refractivity contribution in [3.8, 4) is 0 Å². The molecule has 0 aliphatic heterocycles. The summed E-state index contributed by atoms with van der Waals surface area (Å²) in [5.74, 6) is 0. The lowest BCUT2D eigenvalue weighted by Gasteiger charge is -2.24. The van der Waals surface area contributed by atoms with E-state index in [1.54, 1.807) is 0 Å². The molecule has 16 heavy (non-hydrogen) atoms. The molecular formula is C13H21N3. The summed E-state index contributed by atoms with van der Waals surface area (Å²) in [6.07, 6.45) is 3.94. The van der Waals surface area contributed by atoms with Crippen molar-refractivity contribution in [1.29, 1.82) is 0 Å². The van der Waals surface area contributed by atoms with Gasteiger partial charge in [0.2, 0.25) is 0 Å². The van der Waals surface area contributed by atoms with Crippen LogP contribution in [0.4, 0.5) is 11.4 Å². The lowest BCUT2D eigenvalue weighted by Crippen LogP contribution is -2.20. The molecule has 3 heteroatoms. The van der Waals surface area contributed by atoms with Gasteiger partial charge in [-0.05, 0) is 19.1 Å². The van der Waals surface area contributed by atoms with E-state index in [1.165, 1.54) is 11.4 Å². The molecule has 0 aliphatic rings. The zero-order valence-electron chi connectivity index (χ0n) is 10.6. The average molecular weight is 219 g/mol. The molecule has 3 nitrogen and oxygen atoms in total. The monoisotopic (exact) mass is 219 g/mol. The highest BCUT2D eigenvalue weighted by Crippen LogP contribution is 2.27. The van der Waals surface area contributed by atoms with E-state index in [0.717, 1.165) is 6.54 Å². The summed E-state index contributed by atoms with van der Waals surface area (Å²) in [4.78, 5) is 4.34. The third kappa shape index (κ3) is 2.92. The first-order chi connectivity index (χ1) is 7.70. The normalized spacial score (nSPS) is 10.5. The average Bonchev–Trinajstić information content (AvgIpc) is 2.35. The number of benzene rings is 1. The van der Waals surface area contributed by atoms with Crippen LogP contribution in [0.5, 0.6) is 0 Å². The summed E-state index contributed by atoms with van der Waals surface area (Å²) >= 11 is 0. The summed E-state index contributed by atoms with van der Waals surface area (Å²) in [7, 11) is 6.05. The lowest BCUT2D eigenvalue weighted by molar-refractivity contribution is 0.961. The Kier molecular flexibility index (Phi) is 4.70. The molecule has 0 atom stereocenters. The van der Waals surface area contributed by atoms with E-state index in [4.69, 9.17) is 0 Å². The molecule has 0 amide bonds. The fraction of sp³-hybridized carbons (Fsp3) is 0.385. The topological polar surface area (TPSA) is 18.5 Å². The SMILES string of the molecule is CCN(C)c1ccccc1N(C)/C=C\NC. The zero-order valence-corrected chi connectivity index (χ0v) is 10.6. The Bertz CT molecular complexity index is 347. The molecule has 1 N–H and O–H groups in total. The quantitative estimate of drug-likeness (QED) is 0.819. The Hall–Kier alpha value is -1.64. The number of hydrogen-bond acceptors (Lipinski definition) is 3. The van der Waals surface area contributed by atoms with E-state index in [1.807, 2.05) is 19.4 Å². The van der Waals surface area contributed by atoms with Gasteiger partial charge in [-0.1, -0.05) is 12.1 Å². The molecule has 0 fully saturated rings. The number of hydrogen-bond donors (Lipinski definition) is 1. The molecule has 1 rings (SSSR count). The van der Waals surface area contributed by atoms with Gasteiger partial charge in [0.15, 0.2) is 0 Å². The van der Waals surface area contributed by atoms with Crippen LogP contribution < -0.4 is 15.1 Å². The van der Waals surface area contributed by atoms with E-state index in [-0.39, 0.29) is 0 Å². The van der Waals surface area contributed by atoms with Gasteiger partial charge in [0.25, 0.3) is 0 Å². The summed E-state index contributed by atoms with van der Waals surface area (Å²) in [5.41, 5.74) is 2.45. The van der Waals surface area contributed by atoms with Gasteiger partial charge >= 0.3 is 0 Å². The number of nitrogens with zero attached hydrogens (tertiary/aromatic N) is 2. The highest BCUT2D eigenvalue weighted by atomic mass is 15.2. The number of nitrogens with one attached hydrogen (secondary N) is 1. The van der Waals surface area contributed by atoms with Gasteiger partial charge in [-0.15, -0.1) is 0 Å². The van der Waals surface area contributed by atoms with E-state index < -0.39 is 0 Å². The molecule has 0 spiro atoms. The Morgan fingerprint density at radius 3 is 2.38 bits per heavy atom. The summed E-state index contributed by atoms with van der Waals surface area (Å²) in [6, 6.07) is 8.40. The van der Waals surface area contributed by atoms with Gasteiger partial charge in [-0.2, -0.15) is 0 Å². The van der Waals surface area contributed by atoms with Crippen LogP contribution >= 0.6 is 0 Å². The van der Waals surface area contributed by atoms with E-state index >= 15 is 0 Å². The van der Waals surface area contributed by atoms with Crippen molar-refractivity contribution in [2.24, 2.45) is 0 Å². The second-order valence-corrected chi connectivity index (χ2v) is 3.72. The van der Waals surface area contributed by atoms with Crippen molar-refractivity contribution in [3.63, 3.8) is 0 Å². The van der Waals surface area contributed by atoms with Crippen LogP contribution in [-0.4, -0.2) is 27.7 Å². The van der Waals surface area contributed by atoms with Crippen molar-refractivity contribution in [2.75, 3.05) is 37.5 Å². The van der Waals surface area contributed by atoms with Gasteiger partial charge in [0.05, 0.1) is 11.4 Å². The molecule has 0 saturated heterocycles. The third-order valence-electron chi connectivity index (χ3n) is 2.61. The first-order valence-corrected chi connectivity index (χ1v) is 5.57. The fourth-order valence-electron chi connectivity index (χ4n) is 1.52. The summed E-state index contributed by atoms with van der Waals surface area (Å²) in [5, 5.41) is 3.00. The fourth-order valence-corrected chi connectivity index (χ4v) is 1.52. The first kappa shape index (κ1) is 12.4. The minimum Gasteiger partial charge on any atom is -0.393 e. The van der Waals surface area contributed by atoms with Crippen molar-refractivity contribution in [3.05, 3.63) is 36.7 Å². The first-order valence-electron chi connectivity index (χ1n) is 5.57. The van der Waals surface area contributed by atoms with Gasteiger partial charge in [-0.25, -0.2) is 0 Å². The second kappa shape index (κ2) is 6.05. The van der Waals surface area contributed by atoms with Crippen LogP contribution in [0.15, 0.2) is 36.7 Å². The molecule has 0 radical (unpaired) electrons. The van der Waals surface area contributed by atoms with Crippen molar-refractivity contribution >= 4 is 11.4 Å². The van der Waals surface area contributed by atoms with E-state index in [0.29, 0.717) is 0 Å². The molecular weight excluding hydrogens is 198 g/mol. The highest BCUT2D eigenvalue weighted by molar-refractivity contribution is 5.71. The van der Waals surface area contributed by atoms with E-state index in [9.17, 15) is 0 Å². The second-order valence-electron chi connectivity index (χ2n) is 3.72. The third-order valence-corrected chi connectivity index (χ3v) is 2.61. The minimum absolute atomic E-state index is 1.00. The molecule has 0 bridgehead atoms. The van der Waals surface area contributed by atoms with Gasteiger partial charge < -0.3 is 15.1 Å². The molecule has 88 valence electrons. The number of anilines is 2. The Morgan fingerprint density at radius 2 is 1.81 bits per heavy atom. The van der Waals surface area contributed by atoms with Gasteiger partial charge in [0, 0.05) is 40.1 Å². The van der Waals surface area contributed by atoms with Crippen LogP contribution in [0.1, 0.15) is 6.92 Å². The molecule has 0 aliphatic carbocycles. The largest absolute Gasteiger partial charge is 0.393 e. The number of para-hydroxylation sites is 2. The molecule has 1 aromatic rings. The maximum absolute atomic E-state index is 3.00.